The van der Waals surface area contributed by atoms with Gasteiger partial charge in [0.2, 0.25) is 0 Å². The molecule has 1 N–H and O–H groups in total. The molecule has 0 radical (unpaired) electrons. The lowest BCUT2D eigenvalue weighted by Gasteiger charge is -2.10. The van der Waals surface area contributed by atoms with Gasteiger partial charge in [-0.15, -0.1) is 11.8 Å². The number of hydrogen-bond acceptors (Lipinski definition) is 6. The van der Waals surface area contributed by atoms with Gasteiger partial charge in [0.05, 0.1) is 11.3 Å². The highest BCUT2D eigenvalue weighted by Crippen LogP contribution is 2.24. The molecule has 25 heavy (non-hydrogen) atoms. The summed E-state index contributed by atoms with van der Waals surface area (Å²) in [6, 6.07) is 13.8. The van der Waals surface area contributed by atoms with Crippen molar-refractivity contribution in [3.63, 3.8) is 0 Å². The van der Waals surface area contributed by atoms with Crippen LogP contribution in [0, 0.1) is 0 Å². The van der Waals surface area contributed by atoms with E-state index in [2.05, 4.69) is 5.32 Å². The number of aldehydes is 1. The number of benzene rings is 2. The van der Waals surface area contributed by atoms with Gasteiger partial charge in [-0.1, -0.05) is 24.3 Å². The monoisotopic (exact) mass is 359 g/mol. The third-order valence-electron chi connectivity index (χ3n) is 3.14. The van der Waals surface area contributed by atoms with Crippen molar-refractivity contribution < 1.29 is 23.9 Å². The largest absolute Gasteiger partial charge is 0.481 e. The van der Waals surface area contributed by atoms with E-state index >= 15 is 0 Å². The topological polar surface area (TPSA) is 81.7 Å². The number of para-hydroxylation sites is 2. The van der Waals surface area contributed by atoms with E-state index in [9.17, 15) is 14.4 Å². The van der Waals surface area contributed by atoms with Crippen LogP contribution in [-0.4, -0.2) is 37.6 Å². The molecule has 2 aromatic carbocycles. The maximum Gasteiger partial charge on any atom is 0.344 e. The van der Waals surface area contributed by atoms with Crippen molar-refractivity contribution in [2.75, 3.05) is 24.8 Å². The van der Waals surface area contributed by atoms with Crippen molar-refractivity contribution in [3.05, 3.63) is 54.1 Å². The van der Waals surface area contributed by atoms with Crippen LogP contribution in [0.15, 0.2) is 53.4 Å². The molecule has 2 rings (SSSR count). The third-order valence-corrected chi connectivity index (χ3v) is 3.93. The second-order valence-electron chi connectivity index (χ2n) is 4.85. The summed E-state index contributed by atoms with van der Waals surface area (Å²) in [6.45, 7) is -0.806. The second-order valence-corrected chi connectivity index (χ2v) is 5.70. The van der Waals surface area contributed by atoms with E-state index in [-0.39, 0.29) is 12.4 Å². The molecule has 0 heterocycles. The molecule has 0 saturated heterocycles. The van der Waals surface area contributed by atoms with Crippen molar-refractivity contribution in [1.82, 2.24) is 0 Å². The Labute approximate surface area is 149 Å². The average molecular weight is 359 g/mol. The van der Waals surface area contributed by atoms with Gasteiger partial charge in [0.1, 0.15) is 5.75 Å². The minimum absolute atomic E-state index is 0.285. The van der Waals surface area contributed by atoms with E-state index in [0.29, 0.717) is 17.5 Å². The summed E-state index contributed by atoms with van der Waals surface area (Å²) < 4.78 is 10.1. The van der Waals surface area contributed by atoms with Crippen LogP contribution in [-0.2, 0) is 14.3 Å². The summed E-state index contributed by atoms with van der Waals surface area (Å²) in [7, 11) is 0. The highest BCUT2D eigenvalue weighted by molar-refractivity contribution is 7.98. The standard InChI is InChI=1S/C18H17NO5S/c1-25-16-9-5-3-7-14(16)19-17(21)11-24-18(22)12-23-15-8-4-2-6-13(15)10-20/h2-10H,11-12H2,1H3,(H,19,21). The molecule has 7 heteroatoms. The maximum atomic E-state index is 11.9. The van der Waals surface area contributed by atoms with Gasteiger partial charge in [-0.25, -0.2) is 4.79 Å². The highest BCUT2D eigenvalue weighted by Gasteiger charge is 2.11. The van der Waals surface area contributed by atoms with Crippen molar-refractivity contribution in [1.29, 1.82) is 0 Å². The quantitative estimate of drug-likeness (QED) is 0.443. The zero-order valence-electron chi connectivity index (χ0n) is 13.6. The van der Waals surface area contributed by atoms with Gasteiger partial charge in [0.15, 0.2) is 19.5 Å². The molecular weight excluding hydrogens is 342 g/mol. The predicted octanol–water partition coefficient (Wildman–Crippen LogP) is 2.78. The van der Waals surface area contributed by atoms with Crippen molar-refractivity contribution in [2.24, 2.45) is 0 Å². The number of carbonyl (C=O) groups excluding carboxylic acids is 3. The normalized spacial score (nSPS) is 9.96. The van der Waals surface area contributed by atoms with E-state index in [1.165, 1.54) is 11.8 Å². The molecule has 0 saturated carbocycles. The SMILES string of the molecule is CSc1ccccc1NC(=O)COC(=O)COc1ccccc1C=O. The van der Waals surface area contributed by atoms with Crippen LogP contribution < -0.4 is 10.1 Å². The Morgan fingerprint density at radius 3 is 2.56 bits per heavy atom. The Bertz CT molecular complexity index is 763. The first kappa shape index (κ1) is 18.5. The molecule has 0 unspecified atom stereocenters. The number of anilines is 1. The van der Waals surface area contributed by atoms with Crippen LogP contribution in [0.25, 0.3) is 0 Å². The van der Waals surface area contributed by atoms with Gasteiger partial charge >= 0.3 is 5.97 Å². The van der Waals surface area contributed by atoms with Crippen molar-refractivity contribution in [2.45, 2.75) is 4.90 Å². The van der Waals surface area contributed by atoms with Gasteiger partial charge in [0, 0.05) is 4.90 Å². The molecule has 6 nitrogen and oxygen atoms in total. The Kier molecular flexibility index (Phi) is 7.03. The number of thioether (sulfide) groups is 1. The molecule has 2 aromatic rings. The fourth-order valence-electron chi connectivity index (χ4n) is 1.97. The summed E-state index contributed by atoms with van der Waals surface area (Å²) in [6.07, 6.45) is 2.54. The number of hydrogen-bond donors (Lipinski definition) is 1. The van der Waals surface area contributed by atoms with E-state index in [1.54, 1.807) is 36.4 Å². The van der Waals surface area contributed by atoms with Crippen LogP contribution in [0.5, 0.6) is 5.75 Å². The van der Waals surface area contributed by atoms with Crippen molar-refractivity contribution >= 4 is 35.6 Å². The summed E-state index contributed by atoms with van der Waals surface area (Å²) in [5.74, 6) is -0.857. The number of amides is 1. The van der Waals surface area contributed by atoms with Gasteiger partial charge < -0.3 is 14.8 Å². The number of esters is 1. The Balaban J connectivity index is 1.79. The molecule has 0 atom stereocenters. The third kappa shape index (κ3) is 5.65. The van der Waals surface area contributed by atoms with Crippen LogP contribution >= 0.6 is 11.8 Å². The van der Waals surface area contributed by atoms with E-state index in [0.717, 1.165) is 4.90 Å². The number of nitrogens with one attached hydrogen (secondary N) is 1. The fraction of sp³-hybridized carbons (Fsp3) is 0.167. The molecule has 0 aliphatic rings. The summed E-state index contributed by atoms with van der Waals surface area (Å²) >= 11 is 1.50. The number of carbonyl (C=O) groups is 3. The van der Waals surface area contributed by atoms with Gasteiger partial charge in [-0.05, 0) is 30.5 Å². The minimum Gasteiger partial charge on any atom is -0.481 e. The lowest BCUT2D eigenvalue weighted by Crippen LogP contribution is -2.24. The molecule has 130 valence electrons. The second kappa shape index (κ2) is 9.48. The van der Waals surface area contributed by atoms with Gasteiger partial charge in [-0.3, -0.25) is 9.59 Å². The molecule has 1 amide bonds. The van der Waals surface area contributed by atoms with Gasteiger partial charge in [-0.2, -0.15) is 0 Å². The minimum atomic E-state index is -0.700. The first-order valence-corrected chi connectivity index (χ1v) is 8.62. The van der Waals surface area contributed by atoms with Crippen molar-refractivity contribution in [3.8, 4) is 5.75 Å². The first-order chi connectivity index (χ1) is 12.1. The van der Waals surface area contributed by atoms with E-state index < -0.39 is 18.5 Å². The maximum absolute atomic E-state index is 11.9. The molecule has 0 spiro atoms. The zero-order valence-corrected chi connectivity index (χ0v) is 14.4. The molecular formula is C18H17NO5S. The highest BCUT2D eigenvalue weighted by atomic mass is 32.2. The van der Waals surface area contributed by atoms with Crippen LogP contribution in [0.2, 0.25) is 0 Å². The zero-order chi connectivity index (χ0) is 18.1. The van der Waals surface area contributed by atoms with E-state index in [4.69, 9.17) is 9.47 Å². The molecule has 0 fully saturated rings. The number of rotatable bonds is 8. The summed E-state index contributed by atoms with van der Waals surface area (Å²) in [5.41, 5.74) is 0.994. The van der Waals surface area contributed by atoms with Gasteiger partial charge in [0.25, 0.3) is 5.91 Å². The molecule has 0 aromatic heterocycles. The van der Waals surface area contributed by atoms with Crippen LogP contribution in [0.1, 0.15) is 10.4 Å². The average Bonchev–Trinajstić information content (AvgIpc) is 2.65. The smallest absolute Gasteiger partial charge is 0.344 e. The predicted molar refractivity (Wildman–Crippen MR) is 95.1 cm³/mol. The molecule has 0 aliphatic carbocycles. The lowest BCUT2D eigenvalue weighted by atomic mass is 10.2. The van der Waals surface area contributed by atoms with Crippen LogP contribution in [0.3, 0.4) is 0 Å². The Morgan fingerprint density at radius 2 is 1.80 bits per heavy atom. The lowest BCUT2D eigenvalue weighted by molar-refractivity contribution is -0.149. The molecule has 0 bridgehead atoms. The Morgan fingerprint density at radius 1 is 1.08 bits per heavy atom. The van der Waals surface area contributed by atoms with Crippen LogP contribution in [0.4, 0.5) is 5.69 Å². The molecule has 0 aliphatic heterocycles. The first-order valence-electron chi connectivity index (χ1n) is 7.39. The number of ether oxygens (including phenoxy) is 2. The van der Waals surface area contributed by atoms with E-state index in [1.807, 2.05) is 18.4 Å². The summed E-state index contributed by atoms with van der Waals surface area (Å²) in [5, 5.41) is 2.68. The fourth-order valence-corrected chi connectivity index (χ4v) is 2.52. The summed E-state index contributed by atoms with van der Waals surface area (Å²) in [4.78, 5) is 35.3. The Hall–Kier alpha value is -2.80.